The number of carbonyl (C=O) groups excluding carboxylic acids is 1. The zero-order valence-corrected chi connectivity index (χ0v) is 12.2. The highest BCUT2D eigenvalue weighted by Crippen LogP contribution is 2.21. The molecule has 112 valence electrons. The summed E-state index contributed by atoms with van der Waals surface area (Å²) in [6, 6.07) is -0.246. The molecule has 0 aliphatic rings. The maximum absolute atomic E-state index is 11.6. The Bertz CT molecular complexity index is 321. The average molecular weight is 274 g/mol. The second-order valence-electron chi connectivity index (χ2n) is 6.57. The van der Waals surface area contributed by atoms with E-state index in [0.717, 1.165) is 0 Å². The van der Waals surface area contributed by atoms with Crippen molar-refractivity contribution in [3.05, 3.63) is 0 Å². The van der Waals surface area contributed by atoms with Crippen LogP contribution in [0, 0.1) is 5.41 Å². The number of carboxylic acid groups (broad SMARTS) is 1. The average Bonchev–Trinajstić information content (AvgIpc) is 2.09. The van der Waals surface area contributed by atoms with Gasteiger partial charge in [-0.15, -0.1) is 0 Å². The Labute approximate surface area is 114 Å². The van der Waals surface area contributed by atoms with Crippen molar-refractivity contribution in [1.82, 2.24) is 5.32 Å². The maximum Gasteiger partial charge on any atom is 0.306 e. The molecule has 2 atom stereocenters. The summed E-state index contributed by atoms with van der Waals surface area (Å²) in [5.41, 5.74) is 4.46. The molecule has 0 bridgehead atoms. The van der Waals surface area contributed by atoms with Gasteiger partial charge < -0.3 is 21.3 Å². The van der Waals surface area contributed by atoms with Crippen LogP contribution in [0.3, 0.4) is 0 Å². The van der Waals surface area contributed by atoms with Crippen molar-refractivity contribution in [3.8, 4) is 0 Å². The zero-order valence-electron chi connectivity index (χ0n) is 12.2. The van der Waals surface area contributed by atoms with Crippen LogP contribution in [0.15, 0.2) is 0 Å². The minimum absolute atomic E-state index is 0.0501. The van der Waals surface area contributed by atoms with Crippen LogP contribution >= 0.6 is 0 Å². The van der Waals surface area contributed by atoms with Crippen molar-refractivity contribution in [2.75, 3.05) is 6.54 Å². The van der Waals surface area contributed by atoms with Gasteiger partial charge in [-0.25, -0.2) is 0 Å². The molecule has 0 fully saturated rings. The van der Waals surface area contributed by atoms with Gasteiger partial charge in [-0.2, -0.15) is 0 Å². The third-order valence-electron chi connectivity index (χ3n) is 2.52. The molecule has 0 radical (unpaired) electrons. The second kappa shape index (κ2) is 6.86. The molecule has 0 heterocycles. The number of hydrogen-bond acceptors (Lipinski definition) is 4. The third kappa shape index (κ3) is 10.5. The Morgan fingerprint density at radius 3 is 2.21 bits per heavy atom. The lowest BCUT2D eigenvalue weighted by molar-refractivity contribution is -0.142. The highest BCUT2D eigenvalue weighted by Gasteiger charge is 2.25. The molecule has 0 spiro atoms. The Balaban J connectivity index is 4.09. The lowest BCUT2D eigenvalue weighted by atomic mass is 9.87. The van der Waals surface area contributed by atoms with E-state index in [2.05, 4.69) is 5.32 Å². The van der Waals surface area contributed by atoms with Gasteiger partial charge in [0.05, 0.1) is 12.0 Å². The summed E-state index contributed by atoms with van der Waals surface area (Å²) < 4.78 is 0. The molecule has 6 heteroatoms. The van der Waals surface area contributed by atoms with Crippen LogP contribution in [-0.2, 0) is 9.59 Å². The number of aliphatic hydroxyl groups is 1. The van der Waals surface area contributed by atoms with Gasteiger partial charge in [0.25, 0.3) is 0 Å². The van der Waals surface area contributed by atoms with E-state index in [4.69, 9.17) is 10.8 Å². The Morgan fingerprint density at radius 2 is 1.79 bits per heavy atom. The van der Waals surface area contributed by atoms with Crippen molar-refractivity contribution >= 4 is 11.9 Å². The third-order valence-corrected chi connectivity index (χ3v) is 2.52. The summed E-state index contributed by atoms with van der Waals surface area (Å²) in [4.78, 5) is 22.1. The number of carboxylic acids is 1. The van der Waals surface area contributed by atoms with Crippen molar-refractivity contribution in [3.63, 3.8) is 0 Å². The Hall–Kier alpha value is -1.14. The van der Waals surface area contributed by atoms with Crippen LogP contribution in [-0.4, -0.2) is 40.3 Å². The normalized spacial score (nSPS) is 16.5. The van der Waals surface area contributed by atoms with Crippen LogP contribution in [0.25, 0.3) is 0 Å². The van der Waals surface area contributed by atoms with Gasteiger partial charge in [0.1, 0.15) is 0 Å². The van der Waals surface area contributed by atoms with Gasteiger partial charge >= 0.3 is 5.97 Å². The monoisotopic (exact) mass is 274 g/mol. The highest BCUT2D eigenvalue weighted by molar-refractivity contribution is 5.76. The molecule has 1 amide bonds. The van der Waals surface area contributed by atoms with Gasteiger partial charge in [0.2, 0.25) is 5.91 Å². The number of nitrogens with one attached hydrogen (secondary N) is 1. The predicted molar refractivity (Wildman–Crippen MR) is 72.6 cm³/mol. The fourth-order valence-corrected chi connectivity index (χ4v) is 1.85. The quantitative estimate of drug-likeness (QED) is 0.539. The molecule has 0 aliphatic heterocycles. The summed E-state index contributed by atoms with van der Waals surface area (Å²) in [5, 5.41) is 20.8. The molecule has 0 aromatic rings. The first-order chi connectivity index (χ1) is 8.41. The highest BCUT2D eigenvalue weighted by atomic mass is 16.4. The van der Waals surface area contributed by atoms with Crippen LogP contribution < -0.4 is 11.1 Å². The number of amides is 1. The molecule has 0 saturated heterocycles. The van der Waals surface area contributed by atoms with E-state index >= 15 is 0 Å². The van der Waals surface area contributed by atoms with Crippen molar-refractivity contribution < 1.29 is 19.8 Å². The lowest BCUT2D eigenvalue weighted by Gasteiger charge is -2.24. The second-order valence-corrected chi connectivity index (χ2v) is 6.57. The minimum atomic E-state index is -1.45. The molecule has 0 aromatic carbocycles. The molecule has 0 aromatic heterocycles. The standard InChI is InChI=1S/C13H26N2O4/c1-12(2,3)6-9(14)5-10(16)15-8-13(4,19)7-11(17)18/h9,19H,5-8,14H2,1-4H3,(H,15,16)(H,17,18). The van der Waals surface area contributed by atoms with Gasteiger partial charge in [-0.1, -0.05) is 20.8 Å². The molecule has 0 rings (SSSR count). The molecule has 0 saturated carbocycles. The number of carbonyl (C=O) groups is 2. The summed E-state index contributed by atoms with van der Waals surface area (Å²) in [6.07, 6.45) is 0.466. The van der Waals surface area contributed by atoms with E-state index in [1.54, 1.807) is 0 Å². The summed E-state index contributed by atoms with van der Waals surface area (Å²) >= 11 is 0. The first kappa shape index (κ1) is 17.9. The number of aliphatic carboxylic acids is 1. The SMILES string of the molecule is CC(C)(C)CC(N)CC(=O)NCC(C)(O)CC(=O)O. The molecule has 6 nitrogen and oxygen atoms in total. The summed E-state index contributed by atoms with van der Waals surface area (Å²) in [6.45, 7) is 7.41. The van der Waals surface area contributed by atoms with E-state index in [-0.39, 0.29) is 30.3 Å². The van der Waals surface area contributed by atoms with Gasteiger partial charge in [-0.3, -0.25) is 9.59 Å². The van der Waals surface area contributed by atoms with E-state index in [1.807, 2.05) is 20.8 Å². The molecular weight excluding hydrogens is 248 g/mol. The molecular formula is C13H26N2O4. The topological polar surface area (TPSA) is 113 Å². The van der Waals surface area contributed by atoms with Crippen molar-refractivity contribution in [1.29, 1.82) is 0 Å². The molecule has 2 unspecified atom stereocenters. The van der Waals surface area contributed by atoms with E-state index in [9.17, 15) is 14.7 Å². The van der Waals surface area contributed by atoms with Crippen molar-refractivity contribution in [2.24, 2.45) is 11.1 Å². The maximum atomic E-state index is 11.6. The fourth-order valence-electron chi connectivity index (χ4n) is 1.85. The van der Waals surface area contributed by atoms with Gasteiger partial charge in [0.15, 0.2) is 0 Å². The smallest absolute Gasteiger partial charge is 0.306 e. The fraction of sp³-hybridized carbons (Fsp3) is 0.846. The van der Waals surface area contributed by atoms with E-state index in [0.29, 0.717) is 6.42 Å². The zero-order chi connectivity index (χ0) is 15.3. The Kier molecular flexibility index (Phi) is 6.45. The predicted octanol–water partition coefficient (Wildman–Crippen LogP) is 0.482. The summed E-state index contributed by atoms with van der Waals surface area (Å²) in [5.74, 6) is -1.38. The van der Waals surface area contributed by atoms with Gasteiger partial charge in [-0.05, 0) is 18.8 Å². The number of nitrogens with two attached hydrogens (primary N) is 1. The van der Waals surface area contributed by atoms with Crippen molar-refractivity contribution in [2.45, 2.75) is 58.6 Å². The van der Waals surface area contributed by atoms with E-state index in [1.165, 1.54) is 6.92 Å². The van der Waals surface area contributed by atoms with E-state index < -0.39 is 18.0 Å². The molecule has 19 heavy (non-hydrogen) atoms. The van der Waals surface area contributed by atoms with Gasteiger partial charge in [0, 0.05) is 19.0 Å². The minimum Gasteiger partial charge on any atom is -0.481 e. The first-order valence-electron chi connectivity index (χ1n) is 6.38. The molecule has 0 aliphatic carbocycles. The van der Waals surface area contributed by atoms with Crippen LogP contribution in [0.4, 0.5) is 0 Å². The lowest BCUT2D eigenvalue weighted by Crippen LogP contribution is -2.43. The number of hydrogen-bond donors (Lipinski definition) is 4. The largest absolute Gasteiger partial charge is 0.481 e. The summed E-state index contributed by atoms with van der Waals surface area (Å²) in [7, 11) is 0. The Morgan fingerprint density at radius 1 is 1.26 bits per heavy atom. The van der Waals surface area contributed by atoms with Crippen LogP contribution in [0.2, 0.25) is 0 Å². The number of rotatable bonds is 7. The molecule has 5 N–H and O–H groups in total. The van der Waals surface area contributed by atoms with Crippen LogP contribution in [0.5, 0.6) is 0 Å². The first-order valence-corrected chi connectivity index (χ1v) is 6.38. The van der Waals surface area contributed by atoms with Crippen LogP contribution in [0.1, 0.15) is 47.0 Å².